The lowest BCUT2D eigenvalue weighted by atomic mass is 9.83. The number of benzene rings is 2. The van der Waals surface area contributed by atoms with Crippen molar-refractivity contribution in [3.05, 3.63) is 59.2 Å². The van der Waals surface area contributed by atoms with E-state index in [0.29, 0.717) is 37.1 Å². The highest BCUT2D eigenvalue weighted by molar-refractivity contribution is 5.93. The fourth-order valence-corrected chi connectivity index (χ4v) is 3.70. The summed E-state index contributed by atoms with van der Waals surface area (Å²) in [4.78, 5) is 12.6. The van der Waals surface area contributed by atoms with Crippen LogP contribution in [0.4, 0.5) is 32.0 Å². The van der Waals surface area contributed by atoms with Gasteiger partial charge < -0.3 is 15.2 Å². The Labute approximate surface area is 173 Å². The average Bonchev–Trinajstić information content (AvgIpc) is 2.71. The molecule has 10 heteroatoms. The first-order valence-corrected chi connectivity index (χ1v) is 9.30. The minimum absolute atomic E-state index is 0.0197. The average molecular weight is 447 g/mol. The van der Waals surface area contributed by atoms with Crippen LogP contribution in [0.25, 0.3) is 0 Å². The molecule has 2 N–H and O–H groups in total. The number of aliphatic hydroxyl groups is 1. The Morgan fingerprint density at radius 2 is 1.65 bits per heavy atom. The topological polar surface area (TPSA) is 58.6 Å². The number of fused-ring (bicyclic) bond motifs is 1. The minimum atomic E-state index is -5.97. The van der Waals surface area contributed by atoms with Crippen molar-refractivity contribution < 1.29 is 41.0 Å². The smallest absolute Gasteiger partial charge is 0.430 e. The first-order valence-electron chi connectivity index (χ1n) is 9.30. The lowest BCUT2D eigenvalue weighted by molar-refractivity contribution is -0.376. The number of carbonyl (C=O) groups is 1. The van der Waals surface area contributed by atoms with Gasteiger partial charge in [-0.3, -0.25) is 4.79 Å². The number of halogens is 6. The zero-order chi connectivity index (χ0) is 23.0. The summed E-state index contributed by atoms with van der Waals surface area (Å²) in [5, 5.41) is 11.9. The van der Waals surface area contributed by atoms with Crippen LogP contribution in [0, 0.1) is 5.92 Å². The van der Waals surface area contributed by atoms with Gasteiger partial charge in [-0.05, 0) is 48.6 Å². The highest BCUT2D eigenvalue weighted by Crippen LogP contribution is 2.50. The lowest BCUT2D eigenvalue weighted by Crippen LogP contribution is -2.53. The first-order chi connectivity index (χ1) is 14.4. The largest absolute Gasteiger partial charge is 0.496 e. The van der Waals surface area contributed by atoms with Gasteiger partial charge in [0.05, 0.1) is 7.11 Å². The van der Waals surface area contributed by atoms with Gasteiger partial charge in [0.15, 0.2) is 0 Å². The maximum Gasteiger partial charge on any atom is 0.430 e. The van der Waals surface area contributed by atoms with Crippen molar-refractivity contribution in [3.8, 4) is 5.75 Å². The molecule has 31 heavy (non-hydrogen) atoms. The molecular weight excluding hydrogens is 428 g/mol. The van der Waals surface area contributed by atoms with Crippen LogP contribution in [0.5, 0.6) is 5.75 Å². The number of nitrogens with one attached hydrogen (secondary N) is 1. The van der Waals surface area contributed by atoms with Crippen molar-refractivity contribution in [3.63, 3.8) is 0 Å². The summed E-state index contributed by atoms with van der Waals surface area (Å²) >= 11 is 0. The van der Waals surface area contributed by atoms with Crippen molar-refractivity contribution in [1.29, 1.82) is 0 Å². The van der Waals surface area contributed by atoms with Crippen LogP contribution in [0.15, 0.2) is 42.5 Å². The summed E-state index contributed by atoms with van der Waals surface area (Å²) in [6.07, 6.45) is -10.4. The van der Waals surface area contributed by atoms with Gasteiger partial charge >= 0.3 is 12.4 Å². The molecule has 2 aromatic rings. The third kappa shape index (κ3) is 4.21. The van der Waals surface area contributed by atoms with E-state index < -0.39 is 35.3 Å². The molecule has 0 radical (unpaired) electrons. The van der Waals surface area contributed by atoms with E-state index in [0.717, 1.165) is 23.3 Å². The van der Waals surface area contributed by atoms with Gasteiger partial charge in [-0.25, -0.2) is 0 Å². The molecule has 3 rings (SSSR count). The van der Waals surface area contributed by atoms with E-state index in [-0.39, 0.29) is 5.69 Å². The second kappa shape index (κ2) is 8.07. The lowest BCUT2D eigenvalue weighted by Gasteiger charge is -2.32. The Morgan fingerprint density at radius 1 is 1.03 bits per heavy atom. The van der Waals surface area contributed by atoms with Crippen LogP contribution < -0.4 is 10.1 Å². The number of hydrogen-bond acceptors (Lipinski definition) is 3. The maximum atomic E-state index is 13.0. The summed E-state index contributed by atoms with van der Waals surface area (Å²) in [5.41, 5.74) is -4.42. The Hall–Kier alpha value is -2.75. The zero-order valence-electron chi connectivity index (χ0n) is 16.3. The van der Waals surface area contributed by atoms with Gasteiger partial charge in [0.1, 0.15) is 5.75 Å². The van der Waals surface area contributed by atoms with Crippen LogP contribution in [0.2, 0.25) is 0 Å². The summed E-state index contributed by atoms with van der Waals surface area (Å²) in [6, 6.07) is 8.35. The number of methoxy groups -OCH3 is 1. The fourth-order valence-electron chi connectivity index (χ4n) is 3.70. The summed E-state index contributed by atoms with van der Waals surface area (Å²) in [6.45, 7) is 0. The van der Waals surface area contributed by atoms with Gasteiger partial charge in [0.25, 0.3) is 5.60 Å². The van der Waals surface area contributed by atoms with Crippen LogP contribution in [-0.2, 0) is 23.2 Å². The molecule has 0 saturated carbocycles. The minimum Gasteiger partial charge on any atom is -0.496 e. The van der Waals surface area contributed by atoms with E-state index in [1.807, 2.05) is 12.1 Å². The van der Waals surface area contributed by atoms with E-state index in [9.17, 15) is 36.2 Å². The van der Waals surface area contributed by atoms with Crippen LogP contribution in [-0.4, -0.2) is 30.5 Å². The molecule has 1 aliphatic carbocycles. The Bertz CT molecular complexity index is 925. The van der Waals surface area contributed by atoms with Gasteiger partial charge in [-0.15, -0.1) is 0 Å². The number of hydrogen-bond donors (Lipinski definition) is 2. The van der Waals surface area contributed by atoms with Crippen molar-refractivity contribution >= 4 is 11.6 Å². The molecule has 0 saturated heterocycles. The second-order valence-electron chi connectivity index (χ2n) is 7.31. The van der Waals surface area contributed by atoms with E-state index in [1.54, 1.807) is 6.07 Å². The molecule has 1 amide bonds. The van der Waals surface area contributed by atoms with E-state index in [1.165, 1.54) is 7.11 Å². The molecule has 0 bridgehead atoms. The standard InChI is InChI=1S/C21H19F6NO3/c1-31-17-4-2-3-12-5-6-13(11-16(12)17)18(29)28-15-9-7-14(8-10-15)19(30,20(22,23)24)21(25,26)27/h2-4,7-10,13,30H,5-6,11H2,1H3,(H,28,29). The maximum absolute atomic E-state index is 13.0. The molecule has 1 atom stereocenters. The third-order valence-corrected chi connectivity index (χ3v) is 5.42. The second-order valence-corrected chi connectivity index (χ2v) is 7.31. The first kappa shape index (κ1) is 22.9. The SMILES string of the molecule is COc1cccc2c1CC(C(=O)Nc1ccc(C(O)(C(F)(F)F)C(F)(F)F)cc1)CC2. The predicted molar refractivity (Wildman–Crippen MR) is 99.6 cm³/mol. The Morgan fingerprint density at radius 3 is 2.19 bits per heavy atom. The van der Waals surface area contributed by atoms with Gasteiger partial charge in [-0.1, -0.05) is 24.3 Å². The summed E-state index contributed by atoms with van der Waals surface area (Å²) in [5.74, 6) is -0.199. The fraction of sp³-hybridized carbons (Fsp3) is 0.381. The van der Waals surface area contributed by atoms with Crippen molar-refractivity contribution in [2.45, 2.75) is 37.2 Å². The van der Waals surface area contributed by atoms with E-state index in [2.05, 4.69) is 5.32 Å². The van der Waals surface area contributed by atoms with E-state index in [4.69, 9.17) is 4.74 Å². The van der Waals surface area contributed by atoms with Crippen LogP contribution in [0.3, 0.4) is 0 Å². The number of rotatable bonds is 4. The normalized spacial score (nSPS) is 17.1. The molecule has 0 heterocycles. The molecule has 1 unspecified atom stereocenters. The molecule has 0 spiro atoms. The van der Waals surface area contributed by atoms with Gasteiger partial charge in [-0.2, -0.15) is 26.3 Å². The monoisotopic (exact) mass is 447 g/mol. The number of alkyl halides is 6. The number of anilines is 1. The number of ether oxygens (including phenoxy) is 1. The highest BCUT2D eigenvalue weighted by atomic mass is 19.4. The highest BCUT2D eigenvalue weighted by Gasteiger charge is 2.71. The predicted octanol–water partition coefficient (Wildman–Crippen LogP) is 4.75. The summed E-state index contributed by atoms with van der Waals surface area (Å²) in [7, 11) is 1.52. The molecule has 0 aliphatic heterocycles. The molecule has 4 nitrogen and oxygen atoms in total. The van der Waals surface area contributed by atoms with Crippen molar-refractivity contribution in [2.75, 3.05) is 12.4 Å². The van der Waals surface area contributed by atoms with Crippen molar-refractivity contribution in [1.82, 2.24) is 0 Å². The third-order valence-electron chi connectivity index (χ3n) is 5.42. The van der Waals surface area contributed by atoms with Crippen LogP contribution in [0.1, 0.15) is 23.1 Å². The molecule has 0 fully saturated rings. The Balaban J connectivity index is 1.76. The zero-order valence-corrected chi connectivity index (χ0v) is 16.3. The Kier molecular flexibility index (Phi) is 5.96. The molecule has 168 valence electrons. The molecular formula is C21H19F6NO3. The molecule has 2 aromatic carbocycles. The number of amides is 1. The summed E-state index contributed by atoms with van der Waals surface area (Å²) < 4.78 is 83.2. The quantitative estimate of drug-likeness (QED) is 0.666. The van der Waals surface area contributed by atoms with E-state index >= 15 is 0 Å². The molecule has 1 aliphatic rings. The van der Waals surface area contributed by atoms with Crippen LogP contribution >= 0.6 is 0 Å². The number of carbonyl (C=O) groups excluding carboxylic acids is 1. The number of aryl methyl sites for hydroxylation is 1. The van der Waals surface area contributed by atoms with Gasteiger partial charge in [0, 0.05) is 17.2 Å². The van der Waals surface area contributed by atoms with Gasteiger partial charge in [0.2, 0.25) is 5.91 Å². The van der Waals surface area contributed by atoms with Crippen molar-refractivity contribution in [2.24, 2.45) is 5.92 Å². The molecule has 0 aromatic heterocycles.